The molecule has 0 saturated carbocycles. The zero-order valence-corrected chi connectivity index (χ0v) is 22.7. The van der Waals surface area contributed by atoms with Gasteiger partial charge in [-0.2, -0.15) is 0 Å². The van der Waals surface area contributed by atoms with Gasteiger partial charge in [-0.25, -0.2) is 4.79 Å². The van der Waals surface area contributed by atoms with Gasteiger partial charge in [0.1, 0.15) is 5.76 Å². The highest BCUT2D eigenvalue weighted by Gasteiger charge is 2.52. The van der Waals surface area contributed by atoms with E-state index >= 15 is 0 Å². The summed E-state index contributed by atoms with van der Waals surface area (Å²) in [5, 5.41) is 0. The summed E-state index contributed by atoms with van der Waals surface area (Å²) in [6.07, 6.45) is 2.34. The maximum Gasteiger partial charge on any atom is 0.335 e. The van der Waals surface area contributed by atoms with Gasteiger partial charge in [-0.05, 0) is 29.2 Å². The Bertz CT molecular complexity index is 1410. The second-order valence-electron chi connectivity index (χ2n) is 9.70. The van der Waals surface area contributed by atoms with E-state index < -0.39 is 17.4 Å². The molecule has 0 N–H and O–H groups in total. The molecule has 0 bridgehead atoms. The summed E-state index contributed by atoms with van der Waals surface area (Å²) < 4.78 is 10.5. The van der Waals surface area contributed by atoms with Crippen LogP contribution in [0, 0.1) is 0 Å². The Hall–Kier alpha value is -4.46. The number of nitrogens with zero attached hydrogens (tertiary/aromatic N) is 2. The summed E-state index contributed by atoms with van der Waals surface area (Å²) in [5.74, 6) is -1.37. The number of carbonyl (C=O) groups is 4. The monoisotopic (exact) mass is 528 g/mol. The Balaban J connectivity index is 1.89. The number of rotatable bonds is 8. The van der Waals surface area contributed by atoms with Crippen molar-refractivity contribution in [3.05, 3.63) is 101 Å². The molecule has 4 rings (SSSR count). The molecule has 8 heteroatoms. The van der Waals surface area contributed by atoms with Gasteiger partial charge in [-0.15, -0.1) is 0 Å². The Labute approximate surface area is 228 Å². The highest BCUT2D eigenvalue weighted by Crippen LogP contribution is 2.56. The number of ether oxygens (including phenoxy) is 2. The molecule has 0 fully saturated rings. The van der Waals surface area contributed by atoms with Crippen molar-refractivity contribution in [2.75, 3.05) is 18.6 Å². The fourth-order valence-electron chi connectivity index (χ4n) is 5.49. The average Bonchev–Trinajstić information content (AvgIpc) is 3.21. The lowest BCUT2D eigenvalue weighted by molar-refractivity contribution is -0.136. The number of allylic oxidation sites excluding steroid dienone is 2. The number of amides is 2. The Morgan fingerprint density at radius 2 is 1.67 bits per heavy atom. The summed E-state index contributed by atoms with van der Waals surface area (Å²) in [6, 6.07) is 17.1. The average molecular weight is 529 g/mol. The number of anilines is 1. The van der Waals surface area contributed by atoms with Gasteiger partial charge < -0.3 is 14.4 Å². The van der Waals surface area contributed by atoms with Gasteiger partial charge in [-0.1, -0.05) is 61.2 Å². The largest absolute Gasteiger partial charge is 0.466 e. The minimum Gasteiger partial charge on any atom is -0.466 e. The molecule has 39 heavy (non-hydrogen) atoms. The summed E-state index contributed by atoms with van der Waals surface area (Å²) in [6.45, 7) is 8.92. The summed E-state index contributed by atoms with van der Waals surface area (Å²) in [4.78, 5) is 54.1. The van der Waals surface area contributed by atoms with E-state index in [9.17, 15) is 19.2 Å². The van der Waals surface area contributed by atoms with Crippen molar-refractivity contribution in [1.82, 2.24) is 4.90 Å². The second kappa shape index (κ2) is 11.1. The number of esters is 2. The predicted octanol–water partition coefficient (Wildman–Crippen LogP) is 4.56. The quantitative estimate of drug-likeness (QED) is 0.368. The third kappa shape index (κ3) is 5.27. The molecule has 0 unspecified atom stereocenters. The van der Waals surface area contributed by atoms with Crippen LogP contribution in [0.25, 0.3) is 0 Å². The topological polar surface area (TPSA) is 93.2 Å². The van der Waals surface area contributed by atoms with Gasteiger partial charge in [0.05, 0.1) is 29.5 Å². The first-order valence-corrected chi connectivity index (χ1v) is 12.7. The summed E-state index contributed by atoms with van der Waals surface area (Å²) in [7, 11) is 1.29. The molecule has 0 saturated heterocycles. The molecule has 1 aliphatic heterocycles. The Morgan fingerprint density at radius 1 is 1.00 bits per heavy atom. The Morgan fingerprint density at radius 3 is 2.28 bits per heavy atom. The summed E-state index contributed by atoms with van der Waals surface area (Å²) in [5.41, 5.74) is 2.73. The zero-order chi connectivity index (χ0) is 28.3. The number of para-hydroxylation sites is 1. The lowest BCUT2D eigenvalue weighted by atomic mass is 9.70. The van der Waals surface area contributed by atoms with E-state index in [4.69, 9.17) is 9.47 Å². The highest BCUT2D eigenvalue weighted by atomic mass is 16.5. The molecule has 0 radical (unpaired) electrons. The molecule has 2 aromatic carbocycles. The van der Waals surface area contributed by atoms with Crippen LogP contribution in [-0.4, -0.2) is 42.3 Å². The number of hydrogen-bond acceptors (Lipinski definition) is 6. The third-order valence-electron chi connectivity index (χ3n) is 7.15. The molecule has 1 atom stereocenters. The second-order valence-corrected chi connectivity index (χ2v) is 9.70. The van der Waals surface area contributed by atoms with E-state index in [1.165, 1.54) is 27.9 Å². The van der Waals surface area contributed by atoms with Gasteiger partial charge in [0, 0.05) is 40.3 Å². The fourth-order valence-corrected chi connectivity index (χ4v) is 5.49. The van der Waals surface area contributed by atoms with Crippen LogP contribution in [0.4, 0.5) is 5.69 Å². The molecular weight excluding hydrogens is 496 g/mol. The van der Waals surface area contributed by atoms with Crippen LogP contribution in [0.2, 0.25) is 0 Å². The molecule has 202 valence electrons. The van der Waals surface area contributed by atoms with E-state index in [-0.39, 0.29) is 29.6 Å². The molecule has 2 aromatic rings. The molecule has 8 nitrogen and oxygen atoms in total. The van der Waals surface area contributed by atoms with Crippen molar-refractivity contribution in [3.63, 3.8) is 0 Å². The van der Waals surface area contributed by atoms with E-state index in [0.29, 0.717) is 36.5 Å². The van der Waals surface area contributed by atoms with Crippen molar-refractivity contribution in [3.8, 4) is 0 Å². The molecule has 2 amide bonds. The van der Waals surface area contributed by atoms with Crippen LogP contribution >= 0.6 is 0 Å². The van der Waals surface area contributed by atoms with Gasteiger partial charge in [0.25, 0.3) is 0 Å². The van der Waals surface area contributed by atoms with Gasteiger partial charge in [0.2, 0.25) is 11.8 Å². The number of methoxy groups -OCH3 is 1. The lowest BCUT2D eigenvalue weighted by Crippen LogP contribution is -2.41. The van der Waals surface area contributed by atoms with E-state index in [1.807, 2.05) is 60.7 Å². The van der Waals surface area contributed by atoms with Crippen molar-refractivity contribution >= 4 is 29.4 Å². The van der Waals surface area contributed by atoms with Crippen molar-refractivity contribution in [2.24, 2.45) is 0 Å². The first-order valence-electron chi connectivity index (χ1n) is 12.7. The summed E-state index contributed by atoms with van der Waals surface area (Å²) >= 11 is 0. The van der Waals surface area contributed by atoms with Crippen LogP contribution in [0.1, 0.15) is 44.7 Å². The van der Waals surface area contributed by atoms with Gasteiger partial charge in [-0.3, -0.25) is 19.3 Å². The SMILES string of the molecule is C=C(OC(C)=O)C1=C[C@@]2(CCN(Cc3ccccc3)C(C)=O)C(=C(C(=O)OC)C1)N(C(C)=O)c1ccccc12. The van der Waals surface area contributed by atoms with Crippen molar-refractivity contribution in [1.29, 1.82) is 0 Å². The van der Waals surface area contributed by atoms with Crippen LogP contribution in [0.3, 0.4) is 0 Å². The molecule has 1 heterocycles. The fraction of sp³-hybridized carbons (Fsp3) is 0.290. The van der Waals surface area contributed by atoms with Crippen LogP contribution in [-0.2, 0) is 40.6 Å². The lowest BCUT2D eigenvalue weighted by Gasteiger charge is -2.37. The molecule has 1 aliphatic carbocycles. The van der Waals surface area contributed by atoms with E-state index in [0.717, 1.165) is 11.1 Å². The minimum atomic E-state index is -0.993. The van der Waals surface area contributed by atoms with Crippen LogP contribution < -0.4 is 4.90 Å². The third-order valence-corrected chi connectivity index (χ3v) is 7.15. The smallest absolute Gasteiger partial charge is 0.335 e. The van der Waals surface area contributed by atoms with Crippen LogP contribution in [0.5, 0.6) is 0 Å². The first kappa shape index (κ1) is 27.6. The normalized spacial score (nSPS) is 17.5. The predicted molar refractivity (Wildman–Crippen MR) is 146 cm³/mol. The number of fused-ring (bicyclic) bond motifs is 3. The highest BCUT2D eigenvalue weighted by molar-refractivity contribution is 6.04. The van der Waals surface area contributed by atoms with Gasteiger partial charge >= 0.3 is 11.9 Å². The minimum absolute atomic E-state index is 0.0636. The molecule has 0 aromatic heterocycles. The molecule has 0 spiro atoms. The van der Waals surface area contributed by atoms with E-state index in [1.54, 1.807) is 9.80 Å². The number of benzene rings is 2. The number of hydrogen-bond donors (Lipinski definition) is 0. The molecular formula is C31H32N2O6. The molecule has 2 aliphatic rings. The maximum atomic E-state index is 13.2. The standard InChI is InChI=1S/C31H32N2O6/c1-20(39-23(4)36)25-17-26(30(37)38-5)29-31(18-25,27-13-9-10-14-28(27)33(29)22(3)35)15-16-32(21(2)34)19-24-11-7-6-8-12-24/h6-14,18H,1,15-17,19H2,2-5H3/t31-/m1/s1. The van der Waals surface area contributed by atoms with E-state index in [2.05, 4.69) is 6.58 Å². The first-order chi connectivity index (χ1) is 18.6. The zero-order valence-electron chi connectivity index (χ0n) is 22.7. The number of carbonyl (C=O) groups excluding carboxylic acids is 4. The maximum absolute atomic E-state index is 13.2. The van der Waals surface area contributed by atoms with Gasteiger partial charge in [0.15, 0.2) is 0 Å². The van der Waals surface area contributed by atoms with Crippen molar-refractivity contribution in [2.45, 2.75) is 45.6 Å². The Kier molecular flexibility index (Phi) is 7.85. The van der Waals surface area contributed by atoms with Crippen LogP contribution in [0.15, 0.2) is 89.9 Å². The van der Waals surface area contributed by atoms with Crippen molar-refractivity contribution < 1.29 is 28.7 Å².